The maximum absolute atomic E-state index is 10.3. The van der Waals surface area contributed by atoms with Gasteiger partial charge in [-0.25, -0.2) is 0 Å². The van der Waals surface area contributed by atoms with Crippen molar-refractivity contribution in [2.75, 3.05) is 7.05 Å². The third-order valence-electron chi connectivity index (χ3n) is 0.683. The molecule has 0 saturated carbocycles. The quantitative estimate of drug-likeness (QED) is 0.712. The van der Waals surface area contributed by atoms with Gasteiger partial charge in [0.05, 0.1) is 0 Å². The summed E-state index contributed by atoms with van der Waals surface area (Å²) in [6.45, 7) is 8.51. The van der Waals surface area contributed by atoms with Crippen molar-refractivity contribution in [1.82, 2.24) is 5.32 Å². The first kappa shape index (κ1) is 17.4. The molecule has 0 aromatic carbocycles. The van der Waals surface area contributed by atoms with Crippen molar-refractivity contribution in [2.45, 2.75) is 19.8 Å². The van der Waals surface area contributed by atoms with Crippen molar-refractivity contribution in [3.63, 3.8) is 0 Å². The molecule has 0 aliphatic heterocycles. The Balaban J connectivity index is -0.000000140. The second kappa shape index (κ2) is 16.7. The van der Waals surface area contributed by atoms with Crippen LogP contribution in [0, 0.1) is 13.0 Å². The van der Waals surface area contributed by atoms with E-state index in [-0.39, 0.29) is 38.6 Å². The van der Waals surface area contributed by atoms with E-state index >= 15 is 0 Å². The van der Waals surface area contributed by atoms with Crippen LogP contribution in [0.5, 0.6) is 0 Å². The molecule has 11 heavy (non-hydrogen) atoms. The molecule has 0 atom stereocenters. The SMILES string of the molecule is C=[C-]C.[CH2-]CCC(=O)NC.[Y]. The Bertz CT molecular complexity index is 94.1. The fourth-order valence-corrected chi connectivity index (χ4v) is 0.286. The van der Waals surface area contributed by atoms with Crippen LogP contribution in [-0.4, -0.2) is 13.0 Å². The van der Waals surface area contributed by atoms with Crippen molar-refractivity contribution in [1.29, 1.82) is 0 Å². The van der Waals surface area contributed by atoms with Gasteiger partial charge < -0.3 is 18.3 Å². The van der Waals surface area contributed by atoms with Gasteiger partial charge in [-0.3, -0.25) is 11.4 Å². The van der Waals surface area contributed by atoms with Gasteiger partial charge in [0.15, 0.2) is 0 Å². The van der Waals surface area contributed by atoms with E-state index in [9.17, 15) is 4.79 Å². The maximum atomic E-state index is 10.3. The molecular formula is C8H15NOY-2. The second-order valence-electron chi connectivity index (χ2n) is 1.63. The molecule has 0 aromatic heterocycles. The zero-order valence-corrected chi connectivity index (χ0v) is 10.2. The molecule has 0 fully saturated rings. The molecule has 0 heterocycles. The van der Waals surface area contributed by atoms with E-state index in [4.69, 9.17) is 0 Å². The Hall–Kier alpha value is 0.314. The first-order valence-electron chi connectivity index (χ1n) is 3.16. The Labute approximate surface area is 94.7 Å². The maximum Gasteiger partial charge on any atom is 0.217 e. The smallest absolute Gasteiger partial charge is 0.217 e. The van der Waals surface area contributed by atoms with Gasteiger partial charge in [-0.15, -0.1) is 0 Å². The number of carbonyl (C=O) groups excluding carboxylic acids is 1. The predicted octanol–water partition coefficient (Wildman–Crippen LogP) is 1.34. The minimum absolute atomic E-state index is 0. The zero-order chi connectivity index (χ0) is 8.41. The van der Waals surface area contributed by atoms with E-state index in [1.54, 1.807) is 14.0 Å². The fourth-order valence-electron chi connectivity index (χ4n) is 0.286. The molecule has 0 aromatic rings. The molecular weight excluding hydrogens is 215 g/mol. The van der Waals surface area contributed by atoms with Gasteiger partial charge in [0.2, 0.25) is 5.91 Å². The van der Waals surface area contributed by atoms with E-state index in [0.717, 1.165) is 0 Å². The van der Waals surface area contributed by atoms with Gasteiger partial charge in [-0.05, 0) is 6.42 Å². The molecule has 0 bridgehead atoms. The summed E-state index contributed by atoms with van der Waals surface area (Å²) in [5.41, 5.74) is 0. The molecule has 0 saturated heterocycles. The molecule has 63 valence electrons. The van der Waals surface area contributed by atoms with Gasteiger partial charge in [0.1, 0.15) is 0 Å². The summed E-state index contributed by atoms with van der Waals surface area (Å²) in [4.78, 5) is 10.3. The van der Waals surface area contributed by atoms with Gasteiger partial charge in [-0.1, -0.05) is 0 Å². The van der Waals surface area contributed by atoms with Crippen molar-refractivity contribution >= 4 is 5.91 Å². The molecule has 1 amide bonds. The summed E-state index contributed by atoms with van der Waals surface area (Å²) in [6.07, 6.45) is 3.72. The molecule has 2 nitrogen and oxygen atoms in total. The molecule has 0 unspecified atom stereocenters. The number of rotatable bonds is 2. The molecule has 1 N–H and O–H groups in total. The van der Waals surface area contributed by atoms with Crippen molar-refractivity contribution < 1.29 is 37.5 Å². The third kappa shape index (κ3) is 25.2. The third-order valence-corrected chi connectivity index (χ3v) is 0.683. The van der Waals surface area contributed by atoms with Crippen molar-refractivity contribution in [3.05, 3.63) is 19.6 Å². The summed E-state index contributed by atoms with van der Waals surface area (Å²) >= 11 is 0. The number of nitrogens with one attached hydrogen (secondary N) is 1. The number of hydrogen-bond donors (Lipinski definition) is 1. The van der Waals surface area contributed by atoms with Gasteiger partial charge in [0.25, 0.3) is 0 Å². The van der Waals surface area contributed by atoms with E-state index in [2.05, 4.69) is 24.9 Å². The monoisotopic (exact) mass is 230 g/mol. The average Bonchev–Trinajstić information content (AvgIpc) is 1.90. The second-order valence-corrected chi connectivity index (χ2v) is 1.63. The van der Waals surface area contributed by atoms with Crippen molar-refractivity contribution in [3.8, 4) is 0 Å². The van der Waals surface area contributed by atoms with E-state index in [0.29, 0.717) is 12.8 Å². The normalized spacial score (nSPS) is 6.45. The number of hydrogen-bond acceptors (Lipinski definition) is 1. The van der Waals surface area contributed by atoms with Crippen LogP contribution in [0.1, 0.15) is 19.8 Å². The van der Waals surface area contributed by atoms with E-state index in [1.165, 1.54) is 0 Å². The van der Waals surface area contributed by atoms with Gasteiger partial charge >= 0.3 is 0 Å². The van der Waals surface area contributed by atoms with Crippen LogP contribution in [0.25, 0.3) is 0 Å². The molecule has 3 heteroatoms. The predicted molar refractivity (Wildman–Crippen MR) is 43.2 cm³/mol. The van der Waals surface area contributed by atoms with Crippen LogP contribution in [0.3, 0.4) is 0 Å². The zero-order valence-electron chi connectivity index (χ0n) is 7.31. The van der Waals surface area contributed by atoms with Crippen molar-refractivity contribution in [2.24, 2.45) is 0 Å². The number of carbonyl (C=O) groups is 1. The van der Waals surface area contributed by atoms with E-state index < -0.39 is 0 Å². The van der Waals surface area contributed by atoms with Crippen LogP contribution in [0.2, 0.25) is 0 Å². The summed E-state index contributed by atoms with van der Waals surface area (Å²) in [7, 11) is 1.62. The first-order chi connectivity index (χ1) is 4.72. The molecule has 1 radical (unpaired) electrons. The molecule has 0 aliphatic carbocycles. The molecule has 0 rings (SSSR count). The summed E-state index contributed by atoms with van der Waals surface area (Å²) in [5, 5.41) is 2.49. The average molecular weight is 230 g/mol. The number of amides is 1. The van der Waals surface area contributed by atoms with Crippen LogP contribution in [-0.2, 0) is 37.5 Å². The Morgan fingerprint density at radius 1 is 1.73 bits per heavy atom. The summed E-state index contributed by atoms with van der Waals surface area (Å²) in [5.74, 6) is 0.0648. The van der Waals surface area contributed by atoms with E-state index in [1.807, 2.05) is 0 Å². The van der Waals surface area contributed by atoms with Crippen LogP contribution in [0.4, 0.5) is 0 Å². The first-order valence-corrected chi connectivity index (χ1v) is 3.16. The van der Waals surface area contributed by atoms with Gasteiger partial charge in [-0.2, -0.15) is 13.3 Å². The summed E-state index contributed by atoms with van der Waals surface area (Å²) < 4.78 is 0. The minimum Gasteiger partial charge on any atom is -0.507 e. The standard InChI is InChI=1S/C5H10NO.C3H5.Y/c1-3-4-5(7)6-2;1-3-2;/h1,3-4H2,2H3,(H,6,7);1H2,2H3;/q2*-1;. The fraction of sp³-hybridized carbons (Fsp3) is 0.500. The molecule has 0 spiro atoms. The molecule has 0 aliphatic rings. The Morgan fingerprint density at radius 3 is 2.18 bits per heavy atom. The van der Waals surface area contributed by atoms with Crippen LogP contribution < -0.4 is 5.32 Å². The minimum atomic E-state index is 0. The van der Waals surface area contributed by atoms with Crippen LogP contribution >= 0.6 is 0 Å². The Morgan fingerprint density at radius 2 is 2.09 bits per heavy atom. The summed E-state index contributed by atoms with van der Waals surface area (Å²) in [6, 6.07) is 0. The number of allylic oxidation sites excluding steroid dienone is 1. The van der Waals surface area contributed by atoms with Crippen LogP contribution in [0.15, 0.2) is 6.58 Å². The topological polar surface area (TPSA) is 29.1 Å². The Kier molecular flexibility index (Phi) is 26.5. The largest absolute Gasteiger partial charge is 0.507 e. The van der Waals surface area contributed by atoms with Gasteiger partial charge in [0, 0.05) is 39.8 Å².